The van der Waals surface area contributed by atoms with Crippen molar-refractivity contribution >= 4 is 57.5 Å². The lowest BCUT2D eigenvalue weighted by atomic mass is 9.94. The Balaban J connectivity index is 0.749. The topological polar surface area (TPSA) is 189 Å². The van der Waals surface area contributed by atoms with Crippen LogP contribution in [0.2, 0.25) is 0 Å². The summed E-state index contributed by atoms with van der Waals surface area (Å²) in [6.45, 7) is 19.5. The molecule has 0 bridgehead atoms. The van der Waals surface area contributed by atoms with Crippen molar-refractivity contribution in [3.8, 4) is 0 Å². The molecule has 1 atom stereocenters. The molecular formula is C42H56N8O8S2. The number of piperidine rings is 2. The molecule has 1 unspecified atom stereocenters. The molecule has 0 spiro atoms. The molecule has 324 valence electrons. The van der Waals surface area contributed by atoms with Crippen LogP contribution in [-0.4, -0.2) is 122 Å². The van der Waals surface area contributed by atoms with Crippen LogP contribution in [0.3, 0.4) is 0 Å². The van der Waals surface area contributed by atoms with E-state index in [0.29, 0.717) is 101 Å². The number of rotatable bonds is 22. The van der Waals surface area contributed by atoms with Crippen molar-refractivity contribution in [1.82, 2.24) is 30.4 Å². The molecule has 6 rings (SSSR count). The summed E-state index contributed by atoms with van der Waals surface area (Å²) in [5.41, 5.74) is 2.53. The van der Waals surface area contributed by atoms with E-state index in [4.69, 9.17) is 18.6 Å². The maximum absolute atomic E-state index is 13.3. The van der Waals surface area contributed by atoms with E-state index < -0.39 is 23.8 Å². The standard InChI is InChI=1S/C42H56N8O8S2/c1-27-9-10-32(38(52)47-27)50-39(53)30-7-6-8-31(37(30)40(50)54)43-13-17-55-19-21-57-22-20-56-18-14-44-34(51)25-49-15-11-29(12-16-49)28(2)48-41-46-24-36(60-41)59-26-35-45-23-33(58-35)42(3,4)5/h6-8,23-24,29,32,43H,1-2,9-22,25-26H2,3-5H3,(H,44,51)(H,46,48)(H,47,52). The first kappa shape index (κ1) is 44.9. The number of benzene rings is 1. The second-order valence-electron chi connectivity index (χ2n) is 15.8. The van der Waals surface area contributed by atoms with Crippen LogP contribution < -0.4 is 21.3 Å². The van der Waals surface area contributed by atoms with Gasteiger partial charge in [0, 0.05) is 41.5 Å². The minimum atomic E-state index is -0.859. The van der Waals surface area contributed by atoms with Gasteiger partial charge in [-0.15, -0.1) is 11.8 Å². The Labute approximate surface area is 359 Å². The Morgan fingerprint density at radius 1 is 0.983 bits per heavy atom. The Morgan fingerprint density at radius 3 is 2.40 bits per heavy atom. The molecule has 0 saturated carbocycles. The number of aromatic nitrogens is 2. The van der Waals surface area contributed by atoms with Crippen molar-refractivity contribution in [3.05, 3.63) is 77.9 Å². The van der Waals surface area contributed by atoms with Gasteiger partial charge in [0.25, 0.3) is 11.8 Å². The average Bonchev–Trinajstić information content (AvgIpc) is 3.95. The monoisotopic (exact) mass is 864 g/mol. The first-order chi connectivity index (χ1) is 28.9. The smallest absolute Gasteiger partial charge is 0.264 e. The van der Waals surface area contributed by atoms with E-state index in [-0.39, 0.29) is 22.4 Å². The largest absolute Gasteiger partial charge is 0.444 e. The summed E-state index contributed by atoms with van der Waals surface area (Å²) < 4.78 is 23.8. The number of fused-ring (bicyclic) bond motifs is 1. The Kier molecular flexibility index (Phi) is 15.9. The number of carbonyl (C=O) groups is 4. The summed E-state index contributed by atoms with van der Waals surface area (Å²) in [5, 5.41) is 13.0. The number of allylic oxidation sites excluding steroid dienone is 2. The highest BCUT2D eigenvalue weighted by atomic mass is 32.2. The highest BCUT2D eigenvalue weighted by Gasteiger charge is 2.45. The van der Waals surface area contributed by atoms with Crippen molar-refractivity contribution < 1.29 is 37.8 Å². The van der Waals surface area contributed by atoms with E-state index in [1.54, 1.807) is 41.3 Å². The van der Waals surface area contributed by atoms with E-state index in [0.717, 1.165) is 51.6 Å². The van der Waals surface area contributed by atoms with Crippen LogP contribution in [-0.2, 0) is 35.0 Å². The fourth-order valence-corrected chi connectivity index (χ4v) is 8.74. The minimum Gasteiger partial charge on any atom is -0.444 e. The number of carbonyl (C=O) groups excluding carboxylic acids is 4. The third kappa shape index (κ3) is 12.3. The zero-order valence-electron chi connectivity index (χ0n) is 34.6. The molecule has 1 aromatic carbocycles. The highest BCUT2D eigenvalue weighted by Crippen LogP contribution is 2.35. The minimum absolute atomic E-state index is 0.0248. The van der Waals surface area contributed by atoms with Gasteiger partial charge in [-0.25, -0.2) is 9.97 Å². The molecule has 5 heterocycles. The Hall–Kier alpha value is -4.59. The fraction of sp³-hybridized carbons (Fsp3) is 0.524. The van der Waals surface area contributed by atoms with Gasteiger partial charge in [-0.1, -0.05) is 51.3 Å². The zero-order valence-corrected chi connectivity index (χ0v) is 36.3. The maximum atomic E-state index is 13.3. The second-order valence-corrected chi connectivity index (χ2v) is 18.1. The normalized spacial score (nSPS) is 17.5. The van der Waals surface area contributed by atoms with Crippen LogP contribution in [0.1, 0.15) is 78.8 Å². The zero-order chi connectivity index (χ0) is 42.6. The van der Waals surface area contributed by atoms with E-state index in [1.165, 1.54) is 0 Å². The highest BCUT2D eigenvalue weighted by molar-refractivity contribution is 8.00. The number of hydrogen-bond donors (Lipinski definition) is 4. The maximum Gasteiger partial charge on any atom is 0.264 e. The number of thiazole rings is 1. The lowest BCUT2D eigenvalue weighted by Gasteiger charge is -2.32. The summed E-state index contributed by atoms with van der Waals surface area (Å²) in [6.07, 6.45) is 6.35. The first-order valence-electron chi connectivity index (χ1n) is 20.3. The van der Waals surface area contributed by atoms with Gasteiger partial charge in [-0.05, 0) is 50.9 Å². The number of thioether (sulfide) groups is 1. The number of anilines is 2. The molecule has 0 aliphatic carbocycles. The van der Waals surface area contributed by atoms with Crippen molar-refractivity contribution in [2.45, 2.75) is 67.9 Å². The molecule has 60 heavy (non-hydrogen) atoms. The van der Waals surface area contributed by atoms with Gasteiger partial charge >= 0.3 is 0 Å². The second kappa shape index (κ2) is 21.3. The van der Waals surface area contributed by atoms with Crippen molar-refractivity contribution in [1.29, 1.82) is 0 Å². The fourth-order valence-electron chi connectivity index (χ4n) is 6.98. The number of ether oxygens (including phenoxy) is 3. The molecule has 18 heteroatoms. The molecule has 2 aromatic heterocycles. The number of hydrogen-bond acceptors (Lipinski definition) is 15. The number of likely N-dealkylation sites (tertiary alicyclic amines) is 1. The molecule has 3 aromatic rings. The summed E-state index contributed by atoms with van der Waals surface area (Å²) in [6, 6.07) is 4.18. The van der Waals surface area contributed by atoms with Gasteiger partial charge in [-0.2, -0.15) is 0 Å². The third-order valence-corrected chi connectivity index (χ3v) is 12.4. The van der Waals surface area contributed by atoms with Crippen LogP contribution in [0.4, 0.5) is 10.8 Å². The summed E-state index contributed by atoms with van der Waals surface area (Å²) in [5.74, 6) is 1.17. The van der Waals surface area contributed by atoms with Crippen molar-refractivity contribution in [2.75, 3.05) is 83.0 Å². The number of amides is 4. The molecule has 4 amide bonds. The van der Waals surface area contributed by atoms with E-state index in [1.807, 2.05) is 12.4 Å². The summed E-state index contributed by atoms with van der Waals surface area (Å²) >= 11 is 3.24. The van der Waals surface area contributed by atoms with Crippen LogP contribution in [0, 0.1) is 5.92 Å². The summed E-state index contributed by atoms with van der Waals surface area (Å²) in [7, 11) is 0. The Bertz CT molecular complexity index is 2000. The van der Waals surface area contributed by atoms with Crippen LogP contribution >= 0.6 is 23.1 Å². The molecular weight excluding hydrogens is 809 g/mol. The molecule has 2 saturated heterocycles. The number of nitrogens with zero attached hydrogens (tertiary/aromatic N) is 4. The SMILES string of the molecule is C=C1CCC(N2C(=O)c3cccc(NCCOCCOCCOCCNC(=O)CN4CCC(C(=C)Nc5ncc(SCc6ncc(C(C)(C)C)o6)s5)CC4)c3C2=O)C(=O)N1. The van der Waals surface area contributed by atoms with Gasteiger partial charge in [-0.3, -0.25) is 29.0 Å². The predicted octanol–water partition coefficient (Wildman–Crippen LogP) is 5.02. The van der Waals surface area contributed by atoms with Gasteiger partial charge < -0.3 is 39.9 Å². The lowest BCUT2D eigenvalue weighted by Crippen LogP contribution is -2.51. The lowest BCUT2D eigenvalue weighted by molar-refractivity contribution is -0.125. The molecule has 3 aliphatic rings. The van der Waals surface area contributed by atoms with Gasteiger partial charge in [0.15, 0.2) is 5.13 Å². The number of imide groups is 1. The van der Waals surface area contributed by atoms with Crippen LogP contribution in [0.5, 0.6) is 0 Å². The van der Waals surface area contributed by atoms with Crippen molar-refractivity contribution in [3.63, 3.8) is 0 Å². The molecule has 0 radical (unpaired) electrons. The van der Waals surface area contributed by atoms with Crippen LogP contribution in [0.25, 0.3) is 0 Å². The number of oxazole rings is 1. The van der Waals surface area contributed by atoms with Gasteiger partial charge in [0.1, 0.15) is 11.8 Å². The molecule has 2 fully saturated rings. The van der Waals surface area contributed by atoms with Gasteiger partial charge in [0.2, 0.25) is 17.7 Å². The van der Waals surface area contributed by atoms with E-state index in [9.17, 15) is 19.2 Å². The molecule has 4 N–H and O–H groups in total. The first-order valence-corrected chi connectivity index (χ1v) is 22.1. The number of nitrogens with one attached hydrogen (secondary N) is 4. The van der Waals surface area contributed by atoms with Gasteiger partial charge in [0.05, 0.1) is 79.7 Å². The quantitative estimate of drug-likeness (QED) is 0.0599. The summed E-state index contributed by atoms with van der Waals surface area (Å²) in [4.78, 5) is 63.5. The van der Waals surface area contributed by atoms with Crippen molar-refractivity contribution in [2.24, 2.45) is 5.92 Å². The Morgan fingerprint density at radius 2 is 1.70 bits per heavy atom. The average molecular weight is 865 g/mol. The third-order valence-electron chi connectivity index (χ3n) is 10.3. The predicted molar refractivity (Wildman–Crippen MR) is 230 cm³/mol. The molecule has 3 aliphatic heterocycles. The van der Waals surface area contributed by atoms with E-state index >= 15 is 0 Å². The van der Waals surface area contributed by atoms with Crippen LogP contribution in [0.15, 0.2) is 63.8 Å². The molecule has 16 nitrogen and oxygen atoms in total. The van der Waals surface area contributed by atoms with E-state index in [2.05, 4.69) is 70.1 Å².